The van der Waals surface area contributed by atoms with Crippen molar-refractivity contribution in [1.29, 1.82) is 0 Å². The maximum absolute atomic E-state index is 10.6. The SMILES string of the molecule is Cc1ccsc1CN1CCCC(c2nc3ccc(N4CCOCC4)cn3n2)C1.O=C(O)C(F)(F)F. The van der Waals surface area contributed by atoms with E-state index in [-0.39, 0.29) is 0 Å². The van der Waals surface area contributed by atoms with E-state index in [1.807, 2.05) is 15.9 Å². The molecule has 0 bridgehead atoms. The molecule has 2 saturated heterocycles. The van der Waals surface area contributed by atoms with E-state index in [2.05, 4.69) is 46.5 Å². The van der Waals surface area contributed by atoms with Crippen molar-refractivity contribution in [3.8, 4) is 0 Å². The maximum Gasteiger partial charge on any atom is 0.490 e. The number of rotatable bonds is 4. The summed E-state index contributed by atoms with van der Waals surface area (Å²) in [6, 6.07) is 6.47. The Balaban J connectivity index is 0.000000364. The number of aromatic nitrogens is 3. The number of thiophene rings is 1. The lowest BCUT2D eigenvalue weighted by atomic mass is 9.97. The highest BCUT2D eigenvalue weighted by atomic mass is 32.1. The Morgan fingerprint density at radius 2 is 1.97 bits per heavy atom. The minimum Gasteiger partial charge on any atom is -0.475 e. The van der Waals surface area contributed by atoms with Gasteiger partial charge in [-0.15, -0.1) is 11.3 Å². The maximum atomic E-state index is 10.6. The highest BCUT2D eigenvalue weighted by Crippen LogP contribution is 2.28. The number of alkyl halides is 3. The molecule has 0 radical (unpaired) electrons. The molecule has 1 unspecified atom stereocenters. The van der Waals surface area contributed by atoms with E-state index in [1.54, 1.807) is 0 Å². The number of carboxylic acid groups (broad SMARTS) is 1. The third-order valence-electron chi connectivity index (χ3n) is 6.16. The van der Waals surface area contributed by atoms with Crippen LogP contribution in [0.2, 0.25) is 0 Å². The van der Waals surface area contributed by atoms with Gasteiger partial charge in [-0.05, 0) is 55.5 Å². The summed E-state index contributed by atoms with van der Waals surface area (Å²) < 4.78 is 39.2. The number of aliphatic carboxylic acids is 1. The normalized spacial score (nSPS) is 19.4. The first-order valence-corrected chi connectivity index (χ1v) is 12.3. The zero-order valence-corrected chi connectivity index (χ0v) is 20.2. The van der Waals surface area contributed by atoms with Gasteiger partial charge >= 0.3 is 12.1 Å². The summed E-state index contributed by atoms with van der Waals surface area (Å²) in [6.07, 6.45) is -0.580. The molecule has 1 N–H and O–H groups in total. The first-order valence-electron chi connectivity index (χ1n) is 11.4. The molecule has 5 heterocycles. The van der Waals surface area contributed by atoms with E-state index in [0.29, 0.717) is 5.92 Å². The predicted molar refractivity (Wildman–Crippen MR) is 126 cm³/mol. The second-order valence-electron chi connectivity index (χ2n) is 8.66. The zero-order valence-electron chi connectivity index (χ0n) is 19.4. The van der Waals surface area contributed by atoms with Crippen molar-refractivity contribution in [2.45, 2.75) is 38.4 Å². The lowest BCUT2D eigenvalue weighted by molar-refractivity contribution is -0.192. The summed E-state index contributed by atoms with van der Waals surface area (Å²) in [5, 5.41) is 14.2. The average Bonchev–Trinajstić information content (AvgIpc) is 3.45. The molecular weight excluding hydrogens is 483 g/mol. The molecule has 3 aromatic heterocycles. The highest BCUT2D eigenvalue weighted by Gasteiger charge is 2.38. The molecule has 0 aliphatic carbocycles. The molecule has 2 aliphatic heterocycles. The van der Waals surface area contributed by atoms with Crippen LogP contribution in [0.1, 0.15) is 35.0 Å². The molecular formula is C23H28F3N5O3S. The minimum atomic E-state index is -5.08. The fourth-order valence-electron chi connectivity index (χ4n) is 4.25. The second-order valence-corrected chi connectivity index (χ2v) is 9.66. The van der Waals surface area contributed by atoms with Gasteiger partial charge in [-0.25, -0.2) is 14.3 Å². The van der Waals surface area contributed by atoms with Crippen molar-refractivity contribution in [3.05, 3.63) is 46.0 Å². The van der Waals surface area contributed by atoms with E-state index < -0.39 is 12.1 Å². The number of nitrogens with zero attached hydrogens (tertiary/aromatic N) is 5. The molecule has 5 rings (SSSR count). The number of piperidine rings is 1. The predicted octanol–water partition coefficient (Wildman–Crippen LogP) is 3.95. The third-order valence-corrected chi connectivity index (χ3v) is 7.16. The largest absolute Gasteiger partial charge is 0.490 e. The van der Waals surface area contributed by atoms with Gasteiger partial charge < -0.3 is 14.7 Å². The third kappa shape index (κ3) is 6.50. The van der Waals surface area contributed by atoms with Crippen LogP contribution in [0, 0.1) is 6.92 Å². The van der Waals surface area contributed by atoms with Crippen molar-refractivity contribution in [1.82, 2.24) is 19.5 Å². The highest BCUT2D eigenvalue weighted by molar-refractivity contribution is 7.10. The minimum absolute atomic E-state index is 0.417. The molecule has 0 aromatic carbocycles. The van der Waals surface area contributed by atoms with Crippen molar-refractivity contribution in [2.75, 3.05) is 44.3 Å². The van der Waals surface area contributed by atoms with Gasteiger partial charge in [0, 0.05) is 37.0 Å². The summed E-state index contributed by atoms with van der Waals surface area (Å²) in [5.41, 5.74) is 3.55. The smallest absolute Gasteiger partial charge is 0.475 e. The molecule has 2 aliphatic rings. The number of likely N-dealkylation sites (tertiary alicyclic amines) is 1. The molecule has 0 saturated carbocycles. The van der Waals surface area contributed by atoms with Gasteiger partial charge in [0.1, 0.15) is 0 Å². The van der Waals surface area contributed by atoms with Crippen LogP contribution >= 0.6 is 11.3 Å². The Morgan fingerprint density at radius 3 is 2.63 bits per heavy atom. The molecule has 12 heteroatoms. The molecule has 0 amide bonds. The number of ether oxygens (including phenoxy) is 1. The van der Waals surface area contributed by atoms with Gasteiger partial charge in [0.25, 0.3) is 0 Å². The van der Waals surface area contributed by atoms with Crippen LogP contribution in [-0.2, 0) is 16.1 Å². The zero-order chi connectivity index (χ0) is 25.0. The van der Waals surface area contributed by atoms with E-state index >= 15 is 0 Å². The van der Waals surface area contributed by atoms with E-state index in [4.69, 9.17) is 24.7 Å². The first kappa shape index (κ1) is 25.4. The summed E-state index contributed by atoms with van der Waals surface area (Å²) in [6.45, 7) is 8.94. The Bertz CT molecular complexity index is 1140. The number of carbonyl (C=O) groups is 1. The number of hydrogen-bond donors (Lipinski definition) is 1. The van der Waals surface area contributed by atoms with Gasteiger partial charge in [0.2, 0.25) is 0 Å². The van der Waals surface area contributed by atoms with E-state index in [1.165, 1.54) is 35.5 Å². The Labute approximate surface area is 204 Å². The van der Waals surface area contributed by atoms with E-state index in [0.717, 1.165) is 50.9 Å². The van der Waals surface area contributed by atoms with Crippen LogP contribution in [0.15, 0.2) is 29.8 Å². The summed E-state index contributed by atoms with van der Waals surface area (Å²) in [4.78, 5) is 20.2. The van der Waals surface area contributed by atoms with Crippen LogP contribution in [0.3, 0.4) is 0 Å². The Morgan fingerprint density at radius 1 is 1.23 bits per heavy atom. The number of carboxylic acids is 1. The Hall–Kier alpha value is -2.70. The van der Waals surface area contributed by atoms with Gasteiger partial charge in [-0.3, -0.25) is 4.90 Å². The fraction of sp³-hybridized carbons (Fsp3) is 0.522. The molecule has 3 aromatic rings. The van der Waals surface area contributed by atoms with Crippen LogP contribution in [0.25, 0.3) is 5.65 Å². The lowest BCUT2D eigenvalue weighted by Crippen LogP contribution is -2.36. The monoisotopic (exact) mass is 511 g/mol. The molecule has 190 valence electrons. The summed E-state index contributed by atoms with van der Waals surface area (Å²) in [7, 11) is 0. The molecule has 2 fully saturated rings. The van der Waals surface area contributed by atoms with Crippen molar-refractivity contribution < 1.29 is 27.8 Å². The molecule has 35 heavy (non-hydrogen) atoms. The molecule has 0 spiro atoms. The summed E-state index contributed by atoms with van der Waals surface area (Å²) in [5.74, 6) is -1.35. The number of hydrogen-bond acceptors (Lipinski definition) is 7. The lowest BCUT2D eigenvalue weighted by Gasteiger charge is -2.31. The molecule has 1 atom stereocenters. The average molecular weight is 512 g/mol. The van der Waals surface area contributed by atoms with Crippen LogP contribution < -0.4 is 4.90 Å². The van der Waals surface area contributed by atoms with Crippen LogP contribution in [0.5, 0.6) is 0 Å². The van der Waals surface area contributed by atoms with Crippen LogP contribution in [-0.4, -0.2) is 76.1 Å². The summed E-state index contributed by atoms with van der Waals surface area (Å²) >= 11 is 1.87. The number of morpholine rings is 1. The van der Waals surface area contributed by atoms with Crippen molar-refractivity contribution in [3.63, 3.8) is 0 Å². The second kappa shape index (κ2) is 10.9. The number of fused-ring (bicyclic) bond motifs is 1. The van der Waals surface area contributed by atoms with Crippen LogP contribution in [0.4, 0.5) is 18.9 Å². The Kier molecular flexibility index (Phi) is 7.92. The van der Waals surface area contributed by atoms with Gasteiger partial charge in [0.15, 0.2) is 11.5 Å². The van der Waals surface area contributed by atoms with Gasteiger partial charge in [-0.2, -0.15) is 18.3 Å². The molecule has 8 nitrogen and oxygen atoms in total. The first-order chi connectivity index (χ1) is 16.7. The topological polar surface area (TPSA) is 83.2 Å². The number of pyridine rings is 1. The number of aryl methyl sites for hydroxylation is 1. The quantitative estimate of drug-likeness (QED) is 0.568. The van der Waals surface area contributed by atoms with Crippen molar-refractivity contribution >= 4 is 28.6 Å². The van der Waals surface area contributed by atoms with E-state index in [9.17, 15) is 13.2 Å². The number of halogens is 3. The fourth-order valence-corrected chi connectivity index (χ4v) is 5.20. The number of anilines is 1. The van der Waals surface area contributed by atoms with Gasteiger partial charge in [-0.1, -0.05) is 0 Å². The van der Waals surface area contributed by atoms with Gasteiger partial charge in [0.05, 0.1) is 25.1 Å². The standard InChI is InChI=1S/C21H27N5OS.C2HF3O2/c1-16-6-12-28-19(16)15-24-7-2-3-17(13-24)21-22-20-5-4-18(14-26(20)23-21)25-8-10-27-11-9-25;3-2(4,5)1(6)7/h4-6,12,14,17H,2-3,7-11,13,15H2,1H3;(H,6,7). The van der Waals surface area contributed by atoms with Crippen molar-refractivity contribution in [2.24, 2.45) is 0 Å².